The highest BCUT2D eigenvalue weighted by molar-refractivity contribution is 7.19. The van der Waals surface area contributed by atoms with E-state index in [2.05, 4.69) is 195 Å². The third-order valence-corrected chi connectivity index (χ3v) is 15.8. The molecular weight excluding hydrogens is 801 g/mol. The summed E-state index contributed by atoms with van der Waals surface area (Å²) in [5.74, 6) is 2.03. The van der Waals surface area contributed by atoms with Gasteiger partial charge in [0, 0.05) is 56.5 Å². The van der Waals surface area contributed by atoms with Crippen molar-refractivity contribution in [3.8, 4) is 39.4 Å². The number of pyridine rings is 2. The van der Waals surface area contributed by atoms with Gasteiger partial charge in [-0.05, 0) is 107 Å². The maximum atomic E-state index is 6.96. The van der Waals surface area contributed by atoms with Gasteiger partial charge in [0.15, 0.2) is 0 Å². The highest BCUT2D eigenvalue weighted by Crippen LogP contribution is 2.58. The van der Waals surface area contributed by atoms with Gasteiger partial charge in [-0.1, -0.05) is 135 Å². The first-order chi connectivity index (χ1) is 31.3. The van der Waals surface area contributed by atoms with Crippen LogP contribution in [0.5, 0.6) is 5.75 Å². The minimum Gasteiger partial charge on any atom is -0.488 e. The Morgan fingerprint density at radius 3 is 2.47 bits per heavy atom. The summed E-state index contributed by atoms with van der Waals surface area (Å²) in [5, 5.41) is 5.58. The minimum atomic E-state index is -0.341. The van der Waals surface area contributed by atoms with Gasteiger partial charge >= 0.3 is 0 Å². The first-order valence-electron chi connectivity index (χ1n) is 22.7. The smallest absolute Gasteiger partial charge is 0.123 e. The van der Waals surface area contributed by atoms with Crippen molar-refractivity contribution in [3.05, 3.63) is 209 Å². The van der Waals surface area contributed by atoms with Crippen LogP contribution in [0.2, 0.25) is 0 Å². The Balaban J connectivity index is 0.901. The van der Waals surface area contributed by atoms with Crippen LogP contribution in [0.15, 0.2) is 182 Å². The molecule has 7 aromatic rings. The van der Waals surface area contributed by atoms with E-state index in [1.165, 1.54) is 59.6 Å². The molecule has 2 aliphatic carbocycles. The number of fused-ring (bicyclic) bond motifs is 8. The zero-order valence-corrected chi connectivity index (χ0v) is 37.4. The molecule has 0 amide bonds. The van der Waals surface area contributed by atoms with Gasteiger partial charge in [0.2, 0.25) is 0 Å². The molecule has 7 unspecified atom stereocenters. The van der Waals surface area contributed by atoms with E-state index in [9.17, 15) is 0 Å². The average molecular weight is 851 g/mol. The number of anilines is 1. The number of benzene rings is 4. The SMILES string of the molecule is CC1CC(c2ccc(-c3cc(-c4ccccn4)nc(C4C=CC=CN4C)c3)cc2)=CC=C1C1Nc2c(cccc2C2(C)C=CC(C)C3c4ccccc4OC32)-c2c1sc1ccccc21. The number of likely N-dealkylation sites (N-methyl/N-ethyl adjacent to an activating group) is 1. The quantitative estimate of drug-likeness (QED) is 0.169. The van der Waals surface area contributed by atoms with Gasteiger partial charge in [0.05, 0.1) is 34.6 Å². The monoisotopic (exact) mass is 850 g/mol. The maximum Gasteiger partial charge on any atom is 0.123 e. The van der Waals surface area contributed by atoms with Crippen molar-refractivity contribution in [1.82, 2.24) is 14.9 Å². The fourth-order valence-corrected chi connectivity index (χ4v) is 12.5. The number of thiophene rings is 1. The molecule has 5 aliphatic rings. The van der Waals surface area contributed by atoms with Gasteiger partial charge in [-0.25, -0.2) is 4.98 Å². The molecule has 0 spiro atoms. The molecule has 0 saturated carbocycles. The minimum absolute atomic E-state index is 0.00123. The average Bonchev–Trinajstić information content (AvgIpc) is 3.94. The van der Waals surface area contributed by atoms with E-state index in [4.69, 9.17) is 9.72 Å². The molecule has 0 fully saturated rings. The van der Waals surface area contributed by atoms with E-state index in [-0.39, 0.29) is 23.6 Å². The molecule has 0 bridgehead atoms. The Labute approximate surface area is 379 Å². The summed E-state index contributed by atoms with van der Waals surface area (Å²) in [6.45, 7) is 7.15. The summed E-state index contributed by atoms with van der Waals surface area (Å²) in [6, 6.07) is 44.2. The van der Waals surface area contributed by atoms with Crippen LogP contribution in [0, 0.1) is 11.8 Å². The summed E-state index contributed by atoms with van der Waals surface area (Å²) in [7, 11) is 2.10. The van der Waals surface area contributed by atoms with Crippen molar-refractivity contribution in [1.29, 1.82) is 0 Å². The number of aromatic nitrogens is 2. The molecular formula is C58H50N4OS. The van der Waals surface area contributed by atoms with Crippen LogP contribution >= 0.6 is 11.3 Å². The summed E-state index contributed by atoms with van der Waals surface area (Å²) in [6.07, 6.45) is 20.9. The molecule has 7 atom stereocenters. The summed E-state index contributed by atoms with van der Waals surface area (Å²) < 4.78 is 8.29. The number of hydrogen-bond acceptors (Lipinski definition) is 6. The molecule has 64 heavy (non-hydrogen) atoms. The largest absolute Gasteiger partial charge is 0.488 e. The first kappa shape index (κ1) is 38.9. The summed E-state index contributed by atoms with van der Waals surface area (Å²) in [5.41, 5.74) is 15.3. The van der Waals surface area contributed by atoms with Crippen LogP contribution in [0.1, 0.15) is 72.5 Å². The van der Waals surface area contributed by atoms with Crippen molar-refractivity contribution < 1.29 is 4.74 Å². The lowest BCUT2D eigenvalue weighted by Gasteiger charge is -2.43. The van der Waals surface area contributed by atoms with Crippen LogP contribution < -0.4 is 10.1 Å². The number of ether oxygens (including phenoxy) is 1. The highest BCUT2D eigenvalue weighted by Gasteiger charge is 2.51. The lowest BCUT2D eigenvalue weighted by molar-refractivity contribution is 0.120. The van der Waals surface area contributed by atoms with E-state index >= 15 is 0 Å². The molecule has 0 saturated heterocycles. The van der Waals surface area contributed by atoms with E-state index in [0.717, 1.165) is 40.4 Å². The number of para-hydroxylation sites is 2. The molecule has 12 rings (SSSR count). The number of nitrogens with zero attached hydrogens (tertiary/aromatic N) is 3. The Hall–Kier alpha value is -6.76. The molecule has 3 aromatic heterocycles. The number of rotatable bonds is 6. The fraction of sp³-hybridized carbons (Fsp3) is 0.207. The zero-order valence-electron chi connectivity index (χ0n) is 36.6. The number of allylic oxidation sites excluding steroid dienone is 6. The lowest BCUT2D eigenvalue weighted by atomic mass is 9.64. The lowest BCUT2D eigenvalue weighted by Crippen LogP contribution is -2.45. The van der Waals surface area contributed by atoms with Crippen molar-refractivity contribution in [2.45, 2.75) is 56.7 Å². The van der Waals surface area contributed by atoms with Gasteiger partial charge < -0.3 is 15.0 Å². The molecule has 5 nitrogen and oxygen atoms in total. The van der Waals surface area contributed by atoms with Gasteiger partial charge in [-0.3, -0.25) is 4.98 Å². The fourth-order valence-electron chi connectivity index (χ4n) is 11.2. The van der Waals surface area contributed by atoms with Crippen LogP contribution in [0.4, 0.5) is 5.69 Å². The van der Waals surface area contributed by atoms with Crippen LogP contribution in [0.3, 0.4) is 0 Å². The van der Waals surface area contributed by atoms with E-state index in [1.54, 1.807) is 0 Å². The third-order valence-electron chi connectivity index (χ3n) is 14.6. The molecule has 314 valence electrons. The van der Waals surface area contributed by atoms with Crippen molar-refractivity contribution >= 4 is 32.7 Å². The molecule has 0 radical (unpaired) electrons. The van der Waals surface area contributed by atoms with Crippen LogP contribution in [0.25, 0.3) is 49.3 Å². The summed E-state index contributed by atoms with van der Waals surface area (Å²) >= 11 is 1.94. The molecule has 6 heteroatoms. The Morgan fingerprint density at radius 1 is 0.797 bits per heavy atom. The standard InChI is InChI=1S/C58H50N4OS/c1-35-28-29-58(3,57-52(35)42-14-5-7-20-50(42)63-57)45-17-13-16-44-53-43-15-6-8-21-51(43)64-56(53)55(61-54(44)45)41-27-26-39(32-36(41)2)37-22-24-38(25-23-37)40-33-47(46-18-9-11-30-59-46)60-48(34-40)49-19-10-12-31-62(49)4/h5-31,33-36,49,52,55,57,61H,32H2,1-4H3. The number of nitrogens with one attached hydrogen (secondary N) is 1. The normalized spacial score (nSPS) is 25.1. The van der Waals surface area contributed by atoms with Crippen LogP contribution in [-0.4, -0.2) is 28.0 Å². The predicted molar refractivity (Wildman–Crippen MR) is 264 cm³/mol. The Bertz CT molecular complexity index is 3140. The van der Waals surface area contributed by atoms with Crippen molar-refractivity contribution in [2.75, 3.05) is 12.4 Å². The molecule has 1 N–H and O–H groups in total. The molecule has 6 heterocycles. The Morgan fingerprint density at radius 2 is 1.62 bits per heavy atom. The van der Waals surface area contributed by atoms with Gasteiger partial charge in [-0.15, -0.1) is 11.3 Å². The summed E-state index contributed by atoms with van der Waals surface area (Å²) in [4.78, 5) is 13.4. The van der Waals surface area contributed by atoms with Crippen molar-refractivity contribution in [3.63, 3.8) is 0 Å². The highest BCUT2D eigenvalue weighted by atomic mass is 32.1. The van der Waals surface area contributed by atoms with Gasteiger partial charge in [-0.2, -0.15) is 0 Å². The topological polar surface area (TPSA) is 50.3 Å². The predicted octanol–water partition coefficient (Wildman–Crippen LogP) is 14.3. The first-order valence-corrected chi connectivity index (χ1v) is 23.5. The van der Waals surface area contributed by atoms with E-state index < -0.39 is 0 Å². The van der Waals surface area contributed by atoms with E-state index in [1.807, 2.05) is 35.7 Å². The molecule has 4 aromatic carbocycles. The van der Waals surface area contributed by atoms with Crippen LogP contribution in [-0.2, 0) is 5.41 Å². The van der Waals surface area contributed by atoms with Gasteiger partial charge in [0.1, 0.15) is 11.9 Å². The third kappa shape index (κ3) is 6.25. The Kier molecular flexibility index (Phi) is 9.24. The second-order valence-electron chi connectivity index (χ2n) is 18.5. The van der Waals surface area contributed by atoms with E-state index in [0.29, 0.717) is 17.8 Å². The second-order valence-corrected chi connectivity index (χ2v) is 19.6. The maximum absolute atomic E-state index is 6.96. The molecule has 3 aliphatic heterocycles. The van der Waals surface area contributed by atoms with Gasteiger partial charge in [0.25, 0.3) is 0 Å². The number of hydrogen-bond donors (Lipinski definition) is 1. The second kappa shape index (κ2) is 15.2. The zero-order chi connectivity index (χ0) is 43.1. The van der Waals surface area contributed by atoms with Crippen molar-refractivity contribution in [2.24, 2.45) is 11.8 Å².